The average molecular weight is 378 g/mol. The van der Waals surface area contributed by atoms with Crippen LogP contribution in [0.4, 0.5) is 0 Å². The standard InChI is InChI=1S/C18H20BrNO3/c1-12-4-5-13(2)18(14(12)3)23-9-8-22-17-7-6-16(19)10-15(17)11-20-21/h4-7,10-11,21H,8-9H2,1-3H3. The zero-order valence-electron chi connectivity index (χ0n) is 13.5. The Morgan fingerprint density at radius 3 is 2.48 bits per heavy atom. The van der Waals surface area contributed by atoms with E-state index in [1.54, 1.807) is 0 Å². The molecule has 0 saturated carbocycles. The van der Waals surface area contributed by atoms with E-state index in [1.807, 2.05) is 25.1 Å². The maximum Gasteiger partial charge on any atom is 0.128 e. The van der Waals surface area contributed by atoms with Crippen molar-refractivity contribution in [3.63, 3.8) is 0 Å². The van der Waals surface area contributed by atoms with Crippen molar-refractivity contribution in [2.75, 3.05) is 13.2 Å². The lowest BCUT2D eigenvalue weighted by Crippen LogP contribution is -2.11. The number of hydrogen-bond donors (Lipinski definition) is 1. The maximum atomic E-state index is 8.72. The first-order valence-corrected chi connectivity index (χ1v) is 8.11. The molecule has 0 bridgehead atoms. The quantitative estimate of drug-likeness (QED) is 0.345. The van der Waals surface area contributed by atoms with Gasteiger partial charge in [0.15, 0.2) is 0 Å². The second-order valence-electron chi connectivity index (χ2n) is 5.28. The third-order valence-electron chi connectivity index (χ3n) is 3.63. The summed E-state index contributed by atoms with van der Waals surface area (Å²) in [4.78, 5) is 0. The minimum absolute atomic E-state index is 0.403. The molecule has 0 saturated heterocycles. The van der Waals surface area contributed by atoms with Crippen molar-refractivity contribution in [2.45, 2.75) is 20.8 Å². The molecule has 1 N–H and O–H groups in total. The van der Waals surface area contributed by atoms with E-state index in [0.29, 0.717) is 24.5 Å². The van der Waals surface area contributed by atoms with E-state index in [1.165, 1.54) is 11.8 Å². The fraction of sp³-hybridized carbons (Fsp3) is 0.278. The summed E-state index contributed by atoms with van der Waals surface area (Å²) >= 11 is 3.38. The zero-order chi connectivity index (χ0) is 16.8. The third-order valence-corrected chi connectivity index (χ3v) is 4.12. The van der Waals surface area contributed by atoms with Gasteiger partial charge in [0.25, 0.3) is 0 Å². The van der Waals surface area contributed by atoms with Crippen molar-refractivity contribution in [1.82, 2.24) is 0 Å². The lowest BCUT2D eigenvalue weighted by molar-refractivity contribution is 0.215. The van der Waals surface area contributed by atoms with Crippen LogP contribution in [0.3, 0.4) is 0 Å². The number of aryl methyl sites for hydroxylation is 2. The minimum atomic E-state index is 0.403. The predicted molar refractivity (Wildman–Crippen MR) is 95.2 cm³/mol. The van der Waals surface area contributed by atoms with Crippen LogP contribution in [-0.2, 0) is 0 Å². The van der Waals surface area contributed by atoms with Gasteiger partial charge in [-0.15, -0.1) is 0 Å². The molecule has 0 aliphatic carbocycles. The van der Waals surface area contributed by atoms with Crippen LogP contribution < -0.4 is 9.47 Å². The number of halogens is 1. The molecule has 0 spiro atoms. The molecular formula is C18H20BrNO3. The molecular weight excluding hydrogens is 358 g/mol. The fourth-order valence-electron chi connectivity index (χ4n) is 2.26. The van der Waals surface area contributed by atoms with Crippen LogP contribution in [0.25, 0.3) is 0 Å². The molecule has 0 atom stereocenters. The second kappa shape index (κ2) is 8.02. The Balaban J connectivity index is 1.98. The van der Waals surface area contributed by atoms with Crippen LogP contribution in [0.2, 0.25) is 0 Å². The van der Waals surface area contributed by atoms with E-state index >= 15 is 0 Å². The van der Waals surface area contributed by atoms with Gasteiger partial charge in [-0.2, -0.15) is 0 Å². The van der Waals surface area contributed by atoms with Gasteiger partial charge < -0.3 is 14.7 Å². The first-order valence-electron chi connectivity index (χ1n) is 7.32. The Morgan fingerprint density at radius 1 is 1.04 bits per heavy atom. The first kappa shape index (κ1) is 17.3. The molecule has 2 aromatic carbocycles. The monoisotopic (exact) mass is 377 g/mol. The molecule has 23 heavy (non-hydrogen) atoms. The highest BCUT2D eigenvalue weighted by Gasteiger charge is 2.07. The van der Waals surface area contributed by atoms with Crippen LogP contribution >= 0.6 is 15.9 Å². The van der Waals surface area contributed by atoms with E-state index < -0.39 is 0 Å². The summed E-state index contributed by atoms with van der Waals surface area (Å²) in [5, 5.41) is 11.8. The van der Waals surface area contributed by atoms with Crippen molar-refractivity contribution >= 4 is 22.1 Å². The molecule has 0 fully saturated rings. The molecule has 0 unspecified atom stereocenters. The Hall–Kier alpha value is -2.01. The van der Waals surface area contributed by atoms with E-state index in [2.05, 4.69) is 47.1 Å². The van der Waals surface area contributed by atoms with Gasteiger partial charge in [-0.05, 0) is 55.7 Å². The van der Waals surface area contributed by atoms with Crippen molar-refractivity contribution in [2.24, 2.45) is 5.16 Å². The summed E-state index contributed by atoms with van der Waals surface area (Å²) in [6.45, 7) is 7.01. The van der Waals surface area contributed by atoms with Gasteiger partial charge in [0.2, 0.25) is 0 Å². The van der Waals surface area contributed by atoms with Crippen molar-refractivity contribution < 1.29 is 14.7 Å². The summed E-state index contributed by atoms with van der Waals surface area (Å²) < 4.78 is 12.5. The first-order chi connectivity index (χ1) is 11.0. The summed E-state index contributed by atoms with van der Waals surface area (Å²) in [5.74, 6) is 1.56. The van der Waals surface area contributed by atoms with Gasteiger partial charge in [-0.1, -0.05) is 33.2 Å². The number of oxime groups is 1. The number of rotatable bonds is 6. The van der Waals surface area contributed by atoms with Crippen molar-refractivity contribution in [1.29, 1.82) is 0 Å². The molecule has 0 aliphatic rings. The second-order valence-corrected chi connectivity index (χ2v) is 6.19. The highest BCUT2D eigenvalue weighted by Crippen LogP contribution is 2.26. The lowest BCUT2D eigenvalue weighted by Gasteiger charge is -2.15. The van der Waals surface area contributed by atoms with Gasteiger partial charge >= 0.3 is 0 Å². The smallest absolute Gasteiger partial charge is 0.128 e. The molecule has 0 heterocycles. The topological polar surface area (TPSA) is 51.0 Å². The third kappa shape index (κ3) is 4.48. The highest BCUT2D eigenvalue weighted by atomic mass is 79.9. The Morgan fingerprint density at radius 2 is 1.74 bits per heavy atom. The maximum absolute atomic E-state index is 8.72. The van der Waals surface area contributed by atoms with Crippen molar-refractivity contribution in [3.05, 3.63) is 57.1 Å². The average Bonchev–Trinajstić information content (AvgIpc) is 2.52. The number of hydrogen-bond acceptors (Lipinski definition) is 4. The van der Waals surface area contributed by atoms with E-state index in [0.717, 1.165) is 21.3 Å². The fourth-order valence-corrected chi connectivity index (χ4v) is 2.64. The van der Waals surface area contributed by atoms with Gasteiger partial charge in [0, 0.05) is 10.0 Å². The summed E-state index contributed by atoms with van der Waals surface area (Å²) in [6, 6.07) is 9.67. The van der Waals surface area contributed by atoms with Crippen LogP contribution in [0.1, 0.15) is 22.3 Å². The molecule has 0 radical (unpaired) electrons. The van der Waals surface area contributed by atoms with E-state index in [4.69, 9.17) is 14.7 Å². The number of benzene rings is 2. The minimum Gasteiger partial charge on any atom is -0.489 e. The molecule has 5 heteroatoms. The molecule has 0 aromatic heterocycles. The number of nitrogens with zero attached hydrogens (tertiary/aromatic N) is 1. The van der Waals surface area contributed by atoms with Crippen LogP contribution in [0.5, 0.6) is 11.5 Å². The molecule has 4 nitrogen and oxygen atoms in total. The SMILES string of the molecule is Cc1ccc(C)c(OCCOc2ccc(Br)cc2C=NO)c1C. The highest BCUT2D eigenvalue weighted by molar-refractivity contribution is 9.10. The molecule has 0 aliphatic heterocycles. The Labute approximate surface area is 144 Å². The van der Waals surface area contributed by atoms with E-state index in [9.17, 15) is 0 Å². The molecule has 2 aromatic rings. The van der Waals surface area contributed by atoms with Crippen LogP contribution in [-0.4, -0.2) is 24.6 Å². The van der Waals surface area contributed by atoms with Gasteiger partial charge in [-0.3, -0.25) is 0 Å². The van der Waals surface area contributed by atoms with Crippen LogP contribution in [0.15, 0.2) is 40.0 Å². The molecule has 0 amide bonds. The summed E-state index contributed by atoms with van der Waals surface area (Å²) in [7, 11) is 0. The van der Waals surface area contributed by atoms with Crippen LogP contribution in [0, 0.1) is 20.8 Å². The van der Waals surface area contributed by atoms with E-state index in [-0.39, 0.29) is 0 Å². The lowest BCUT2D eigenvalue weighted by atomic mass is 10.1. The summed E-state index contributed by atoms with van der Waals surface area (Å²) in [5.41, 5.74) is 4.18. The zero-order valence-corrected chi connectivity index (χ0v) is 15.1. The van der Waals surface area contributed by atoms with Gasteiger partial charge in [0.1, 0.15) is 24.7 Å². The Bertz CT molecular complexity index is 714. The Kier molecular flexibility index (Phi) is 6.04. The molecule has 122 valence electrons. The molecule has 2 rings (SSSR count). The van der Waals surface area contributed by atoms with Gasteiger partial charge in [-0.25, -0.2) is 0 Å². The largest absolute Gasteiger partial charge is 0.489 e. The van der Waals surface area contributed by atoms with Crippen molar-refractivity contribution in [3.8, 4) is 11.5 Å². The van der Waals surface area contributed by atoms with Gasteiger partial charge in [0.05, 0.1) is 6.21 Å². The normalized spacial score (nSPS) is 11.0. The predicted octanol–water partition coefficient (Wildman–Crippen LogP) is 4.64. The number of ether oxygens (including phenoxy) is 2. The summed E-state index contributed by atoms with van der Waals surface area (Å²) in [6.07, 6.45) is 1.34.